The molecule has 0 aromatic heterocycles. The number of amides is 1. The van der Waals surface area contributed by atoms with Gasteiger partial charge in [0.2, 0.25) is 5.91 Å². The lowest BCUT2D eigenvalue weighted by Gasteiger charge is -2.15. The Labute approximate surface area is 216 Å². The lowest BCUT2D eigenvalue weighted by molar-refractivity contribution is -0.138. The summed E-state index contributed by atoms with van der Waals surface area (Å²) in [6.07, 6.45) is -0.406. The van der Waals surface area contributed by atoms with Gasteiger partial charge in [-0.2, -0.15) is 0 Å². The van der Waals surface area contributed by atoms with Gasteiger partial charge in [0, 0.05) is 27.7 Å². The lowest BCUT2D eigenvalue weighted by Crippen LogP contribution is -2.14. The number of aryl methyl sites for hydroxylation is 1. The average molecular weight is 560 g/mol. The first kappa shape index (κ1) is 26.2. The van der Waals surface area contributed by atoms with Gasteiger partial charge in [-0.15, -0.1) is 0 Å². The quantitative estimate of drug-likeness (QED) is 0.242. The minimum atomic E-state index is -1.04. The molecule has 0 fully saturated rings. The predicted molar refractivity (Wildman–Crippen MR) is 140 cm³/mol. The number of ketones is 1. The van der Waals surface area contributed by atoms with E-state index in [0.717, 1.165) is 10.0 Å². The second-order valence-corrected chi connectivity index (χ2v) is 9.01. The highest BCUT2D eigenvalue weighted by Gasteiger charge is 2.17. The first-order valence-electron chi connectivity index (χ1n) is 10.8. The second kappa shape index (κ2) is 11.9. The van der Waals surface area contributed by atoms with Crippen molar-refractivity contribution in [2.45, 2.75) is 26.7 Å². The number of aliphatic carboxylic acids is 1. The molecule has 0 saturated carbocycles. The van der Waals surface area contributed by atoms with Crippen molar-refractivity contribution in [3.8, 4) is 5.75 Å². The first-order chi connectivity index (χ1) is 16.7. The Morgan fingerprint density at radius 1 is 0.971 bits per heavy atom. The summed E-state index contributed by atoms with van der Waals surface area (Å²) >= 11 is 9.85. The van der Waals surface area contributed by atoms with Gasteiger partial charge in [-0.1, -0.05) is 27.5 Å². The number of anilines is 3. The molecule has 0 saturated heterocycles. The Hall–Kier alpha value is -3.36. The molecule has 3 rings (SSSR count). The van der Waals surface area contributed by atoms with Gasteiger partial charge in [0.1, 0.15) is 5.75 Å². The maximum absolute atomic E-state index is 13.1. The number of halogens is 2. The molecule has 0 spiro atoms. The molecule has 0 aliphatic carbocycles. The number of carbonyl (C=O) groups excluding carboxylic acids is 2. The minimum absolute atomic E-state index is 0.144. The van der Waals surface area contributed by atoms with Crippen LogP contribution in [0.2, 0.25) is 5.02 Å². The molecule has 0 radical (unpaired) electrons. The number of nitrogens with one attached hydrogen (secondary N) is 2. The Bertz CT molecular complexity index is 1280. The van der Waals surface area contributed by atoms with Crippen molar-refractivity contribution in [3.05, 3.63) is 80.8 Å². The van der Waals surface area contributed by atoms with Crippen LogP contribution in [0.4, 0.5) is 17.1 Å². The van der Waals surface area contributed by atoms with Crippen LogP contribution in [0.25, 0.3) is 0 Å². The highest BCUT2D eigenvalue weighted by molar-refractivity contribution is 9.10. The number of ether oxygens (including phenoxy) is 1. The van der Waals surface area contributed by atoms with Crippen LogP contribution in [0.1, 0.15) is 41.3 Å². The molecule has 1 amide bonds. The summed E-state index contributed by atoms with van der Waals surface area (Å²) in [4.78, 5) is 36.0. The number of carboxylic acid groups (broad SMARTS) is 1. The normalized spacial score (nSPS) is 10.5. The van der Waals surface area contributed by atoms with E-state index in [1.807, 2.05) is 19.9 Å². The third kappa shape index (κ3) is 7.07. The van der Waals surface area contributed by atoms with Gasteiger partial charge in [-0.25, -0.2) is 0 Å². The predicted octanol–water partition coefficient (Wildman–Crippen LogP) is 6.59. The summed E-state index contributed by atoms with van der Waals surface area (Å²) in [5.41, 5.74) is 3.35. The van der Waals surface area contributed by atoms with Crippen LogP contribution in [0.15, 0.2) is 59.1 Å². The highest BCUT2D eigenvalue weighted by atomic mass is 79.9. The first-order valence-corrected chi connectivity index (χ1v) is 12.0. The monoisotopic (exact) mass is 558 g/mol. The van der Waals surface area contributed by atoms with Gasteiger partial charge in [-0.05, 0) is 74.0 Å². The van der Waals surface area contributed by atoms with E-state index in [2.05, 4.69) is 26.6 Å². The van der Waals surface area contributed by atoms with Crippen molar-refractivity contribution in [1.82, 2.24) is 0 Å². The molecule has 0 atom stereocenters. The van der Waals surface area contributed by atoms with Gasteiger partial charge in [-0.3, -0.25) is 14.4 Å². The van der Waals surface area contributed by atoms with Gasteiger partial charge in [0.15, 0.2) is 5.78 Å². The fourth-order valence-corrected chi connectivity index (χ4v) is 4.01. The zero-order valence-corrected chi connectivity index (χ0v) is 21.5. The van der Waals surface area contributed by atoms with Crippen molar-refractivity contribution >= 4 is 62.3 Å². The lowest BCUT2D eigenvalue weighted by atomic mass is 9.98. The molecule has 7 nitrogen and oxygen atoms in total. The molecule has 3 aromatic rings. The van der Waals surface area contributed by atoms with Crippen LogP contribution >= 0.6 is 27.5 Å². The maximum atomic E-state index is 13.1. The summed E-state index contributed by atoms with van der Waals surface area (Å²) in [6, 6.07) is 15.6. The zero-order valence-electron chi connectivity index (χ0n) is 19.2. The fourth-order valence-electron chi connectivity index (χ4n) is 3.39. The van der Waals surface area contributed by atoms with E-state index in [4.69, 9.17) is 21.4 Å². The SMILES string of the molecule is CCOc1ccc(C(=O)c2ccc(Nc3ccc(Br)cc3NC(=O)CCC(=O)O)cc2Cl)c(C)c1. The van der Waals surface area contributed by atoms with Crippen LogP contribution in [-0.2, 0) is 9.59 Å². The molecular weight excluding hydrogens is 536 g/mol. The summed E-state index contributed by atoms with van der Waals surface area (Å²) in [6.45, 7) is 4.28. The third-order valence-electron chi connectivity index (χ3n) is 5.07. The Kier molecular flexibility index (Phi) is 8.89. The van der Waals surface area contributed by atoms with E-state index in [1.165, 1.54) is 0 Å². The second-order valence-electron chi connectivity index (χ2n) is 7.69. The van der Waals surface area contributed by atoms with E-state index in [-0.39, 0.29) is 23.6 Å². The van der Waals surface area contributed by atoms with Gasteiger partial charge >= 0.3 is 5.97 Å². The molecule has 0 aliphatic rings. The van der Waals surface area contributed by atoms with Crippen LogP contribution in [0.5, 0.6) is 5.75 Å². The summed E-state index contributed by atoms with van der Waals surface area (Å²) in [5, 5.41) is 15.0. The van der Waals surface area contributed by atoms with Crippen molar-refractivity contribution in [1.29, 1.82) is 0 Å². The smallest absolute Gasteiger partial charge is 0.303 e. The van der Waals surface area contributed by atoms with Crippen LogP contribution in [0, 0.1) is 6.92 Å². The minimum Gasteiger partial charge on any atom is -0.494 e. The summed E-state index contributed by atoms with van der Waals surface area (Å²) in [7, 11) is 0. The number of benzene rings is 3. The molecular formula is C26H24BrClN2O5. The number of carboxylic acids is 1. The van der Waals surface area contributed by atoms with Gasteiger partial charge < -0.3 is 20.5 Å². The molecule has 0 heterocycles. The number of hydrogen-bond donors (Lipinski definition) is 3. The van der Waals surface area contributed by atoms with Crippen molar-refractivity contribution < 1.29 is 24.2 Å². The highest BCUT2D eigenvalue weighted by Crippen LogP contribution is 2.32. The molecule has 3 N–H and O–H groups in total. The van der Waals surface area contributed by atoms with Crippen molar-refractivity contribution in [2.75, 3.05) is 17.2 Å². The largest absolute Gasteiger partial charge is 0.494 e. The Morgan fingerprint density at radius 2 is 1.71 bits per heavy atom. The standard InChI is InChI=1S/C26H24BrClN2O5/c1-3-35-18-6-8-19(15(2)12-18)26(34)20-7-5-17(14-21(20)28)29-22-9-4-16(27)13-23(22)30-24(31)10-11-25(32)33/h4-9,12-14,29H,3,10-11H2,1-2H3,(H,30,31)(H,32,33). The summed E-state index contributed by atoms with van der Waals surface area (Å²) in [5.74, 6) is -0.958. The van der Waals surface area contributed by atoms with Crippen molar-refractivity contribution in [2.24, 2.45) is 0 Å². The van der Waals surface area contributed by atoms with Gasteiger partial charge in [0.25, 0.3) is 0 Å². The molecule has 0 bridgehead atoms. The zero-order chi connectivity index (χ0) is 25.5. The van der Waals surface area contributed by atoms with E-state index < -0.39 is 11.9 Å². The van der Waals surface area contributed by atoms with Gasteiger partial charge in [0.05, 0.1) is 29.4 Å². The molecule has 3 aromatic carbocycles. The molecule has 0 aliphatic heterocycles. The Morgan fingerprint density at radius 3 is 2.37 bits per heavy atom. The van der Waals surface area contributed by atoms with Crippen molar-refractivity contribution in [3.63, 3.8) is 0 Å². The third-order valence-corrected chi connectivity index (χ3v) is 5.87. The number of hydrogen-bond acceptors (Lipinski definition) is 5. The molecule has 0 unspecified atom stereocenters. The summed E-state index contributed by atoms with van der Waals surface area (Å²) < 4.78 is 6.22. The van der Waals surface area contributed by atoms with E-state index in [0.29, 0.717) is 40.5 Å². The van der Waals surface area contributed by atoms with E-state index in [9.17, 15) is 14.4 Å². The molecule has 9 heteroatoms. The van der Waals surface area contributed by atoms with E-state index in [1.54, 1.807) is 48.5 Å². The molecule has 182 valence electrons. The van der Waals surface area contributed by atoms with Crippen LogP contribution in [0.3, 0.4) is 0 Å². The van der Waals surface area contributed by atoms with Crippen LogP contribution in [-0.4, -0.2) is 29.4 Å². The fraction of sp³-hybridized carbons (Fsp3) is 0.192. The molecule has 35 heavy (non-hydrogen) atoms. The van der Waals surface area contributed by atoms with Crippen LogP contribution < -0.4 is 15.4 Å². The Balaban J connectivity index is 1.80. The number of carbonyl (C=O) groups is 3. The number of rotatable bonds is 10. The van der Waals surface area contributed by atoms with E-state index >= 15 is 0 Å². The topological polar surface area (TPSA) is 105 Å². The average Bonchev–Trinajstić information content (AvgIpc) is 2.79. The maximum Gasteiger partial charge on any atom is 0.303 e.